The fourth-order valence-corrected chi connectivity index (χ4v) is 5.52. The molecule has 1 saturated heterocycles. The number of ether oxygens (including phenoxy) is 1. The maximum Gasteiger partial charge on any atom is 0.240 e. The first kappa shape index (κ1) is 23.8. The lowest BCUT2D eigenvalue weighted by molar-refractivity contribution is -0.128. The number of nitrogens with one attached hydrogen (secondary N) is 1. The van der Waals surface area contributed by atoms with Crippen molar-refractivity contribution in [2.75, 3.05) is 63.9 Å². The molecule has 2 aliphatic heterocycles. The Morgan fingerprint density at radius 3 is 2.51 bits per heavy atom. The molecule has 2 heterocycles. The van der Waals surface area contributed by atoms with Crippen molar-refractivity contribution in [1.29, 1.82) is 0 Å². The first-order valence-electron chi connectivity index (χ1n) is 12.9. The van der Waals surface area contributed by atoms with Gasteiger partial charge >= 0.3 is 0 Å². The SMILES string of the molecule is CCN1CCN(CCCNC(=O)CN2C(=O)[C@@]3(COc4ccccc4)C[C@H]3c3ccccc32)CC1. The predicted octanol–water partition coefficient (Wildman–Crippen LogP) is 2.73. The summed E-state index contributed by atoms with van der Waals surface area (Å²) in [5.74, 6) is 0.810. The predicted molar refractivity (Wildman–Crippen MR) is 137 cm³/mol. The van der Waals surface area contributed by atoms with Crippen molar-refractivity contribution in [3.8, 4) is 5.75 Å². The zero-order valence-electron chi connectivity index (χ0n) is 20.6. The number of anilines is 1. The first-order valence-corrected chi connectivity index (χ1v) is 12.9. The number of rotatable bonds is 10. The zero-order valence-corrected chi connectivity index (χ0v) is 20.6. The average molecular weight is 477 g/mol. The van der Waals surface area contributed by atoms with Crippen LogP contribution in [0.15, 0.2) is 54.6 Å². The number of carbonyl (C=O) groups is 2. The Bertz CT molecular complexity index is 1040. The number of benzene rings is 2. The summed E-state index contributed by atoms with van der Waals surface area (Å²) in [7, 11) is 0. The Morgan fingerprint density at radius 2 is 1.74 bits per heavy atom. The molecule has 1 saturated carbocycles. The number of piperazine rings is 1. The van der Waals surface area contributed by atoms with Gasteiger partial charge in [-0.2, -0.15) is 0 Å². The number of para-hydroxylation sites is 2. The van der Waals surface area contributed by atoms with E-state index in [1.165, 1.54) is 0 Å². The lowest BCUT2D eigenvalue weighted by Gasteiger charge is -2.34. The Labute approximate surface area is 208 Å². The maximum atomic E-state index is 13.7. The van der Waals surface area contributed by atoms with E-state index in [1.54, 1.807) is 4.90 Å². The van der Waals surface area contributed by atoms with Crippen LogP contribution in [0.25, 0.3) is 0 Å². The Hall–Kier alpha value is -2.90. The highest BCUT2D eigenvalue weighted by atomic mass is 16.5. The number of amides is 2. The van der Waals surface area contributed by atoms with Crippen LogP contribution in [0, 0.1) is 5.41 Å². The van der Waals surface area contributed by atoms with Crippen LogP contribution in [0.4, 0.5) is 5.69 Å². The van der Waals surface area contributed by atoms with Crippen LogP contribution in [-0.2, 0) is 9.59 Å². The van der Waals surface area contributed by atoms with Crippen molar-refractivity contribution in [3.63, 3.8) is 0 Å². The number of fused-ring (bicyclic) bond motifs is 3. The van der Waals surface area contributed by atoms with Gasteiger partial charge in [-0.3, -0.25) is 9.59 Å². The van der Waals surface area contributed by atoms with Gasteiger partial charge < -0.3 is 24.8 Å². The van der Waals surface area contributed by atoms with Gasteiger partial charge in [-0.1, -0.05) is 43.3 Å². The summed E-state index contributed by atoms with van der Waals surface area (Å²) in [6.07, 6.45) is 1.68. The molecule has 0 radical (unpaired) electrons. The minimum absolute atomic E-state index is 0.000996. The fourth-order valence-electron chi connectivity index (χ4n) is 5.52. The second-order valence-electron chi connectivity index (χ2n) is 9.94. The van der Waals surface area contributed by atoms with E-state index in [9.17, 15) is 9.59 Å². The van der Waals surface area contributed by atoms with Gasteiger partial charge in [-0.05, 0) is 49.7 Å². The van der Waals surface area contributed by atoms with E-state index in [0.29, 0.717) is 13.2 Å². The van der Waals surface area contributed by atoms with Gasteiger partial charge in [0.2, 0.25) is 11.8 Å². The minimum Gasteiger partial charge on any atom is -0.492 e. The molecule has 186 valence electrons. The molecule has 0 spiro atoms. The van der Waals surface area contributed by atoms with Gasteiger partial charge in [0.1, 0.15) is 18.9 Å². The standard InChI is InChI=1S/C28H36N4O3/c1-2-30-15-17-31(18-16-30)14-8-13-29-26(33)20-32-25-12-7-6-11-23(25)24-19-28(24,27(32)34)21-35-22-9-4-3-5-10-22/h3-7,9-12,24H,2,8,13-21H2,1H3,(H,29,33)/t24-,28+/m0/s1. The summed E-state index contributed by atoms with van der Waals surface area (Å²) in [6.45, 7) is 9.74. The van der Waals surface area contributed by atoms with Gasteiger partial charge in [0.25, 0.3) is 0 Å². The normalized spacial score (nSPS) is 24.0. The summed E-state index contributed by atoms with van der Waals surface area (Å²) in [5.41, 5.74) is 1.42. The Balaban J connectivity index is 1.16. The molecule has 7 heteroatoms. The van der Waals surface area contributed by atoms with Crippen molar-refractivity contribution in [1.82, 2.24) is 15.1 Å². The number of hydrogen-bond acceptors (Lipinski definition) is 5. The van der Waals surface area contributed by atoms with E-state index in [-0.39, 0.29) is 24.3 Å². The maximum absolute atomic E-state index is 13.7. The topological polar surface area (TPSA) is 65.1 Å². The van der Waals surface area contributed by atoms with Crippen LogP contribution < -0.4 is 15.0 Å². The molecule has 2 aromatic carbocycles. The molecule has 2 atom stereocenters. The molecule has 3 aliphatic rings. The zero-order chi connectivity index (χ0) is 24.3. The van der Waals surface area contributed by atoms with Crippen molar-refractivity contribution in [2.45, 2.75) is 25.7 Å². The lowest BCUT2D eigenvalue weighted by Crippen LogP contribution is -2.49. The highest BCUT2D eigenvalue weighted by Crippen LogP contribution is 2.65. The van der Waals surface area contributed by atoms with Crippen LogP contribution in [0.3, 0.4) is 0 Å². The van der Waals surface area contributed by atoms with Crippen LogP contribution >= 0.6 is 0 Å². The average Bonchev–Trinajstić information content (AvgIpc) is 3.65. The number of likely N-dealkylation sites (N-methyl/N-ethyl adjacent to an activating group) is 1. The molecular formula is C28H36N4O3. The van der Waals surface area contributed by atoms with E-state index < -0.39 is 5.41 Å². The van der Waals surface area contributed by atoms with Gasteiger partial charge in [-0.15, -0.1) is 0 Å². The van der Waals surface area contributed by atoms with E-state index in [2.05, 4.69) is 28.1 Å². The van der Waals surface area contributed by atoms with E-state index in [0.717, 1.165) is 69.1 Å². The summed E-state index contributed by atoms with van der Waals surface area (Å²) in [5, 5.41) is 3.04. The number of carbonyl (C=O) groups excluding carboxylic acids is 2. The molecular weight excluding hydrogens is 440 g/mol. The van der Waals surface area contributed by atoms with Crippen LogP contribution in [0.2, 0.25) is 0 Å². The summed E-state index contributed by atoms with van der Waals surface area (Å²) < 4.78 is 6.02. The van der Waals surface area contributed by atoms with E-state index in [4.69, 9.17) is 4.74 Å². The van der Waals surface area contributed by atoms with Crippen molar-refractivity contribution >= 4 is 17.5 Å². The number of nitrogens with zero attached hydrogens (tertiary/aromatic N) is 3. The van der Waals surface area contributed by atoms with Gasteiger partial charge in [-0.25, -0.2) is 0 Å². The highest BCUT2D eigenvalue weighted by Gasteiger charge is 2.66. The molecule has 2 aromatic rings. The van der Waals surface area contributed by atoms with Crippen molar-refractivity contribution in [2.24, 2.45) is 5.41 Å². The third kappa shape index (κ3) is 5.07. The van der Waals surface area contributed by atoms with E-state index >= 15 is 0 Å². The summed E-state index contributed by atoms with van der Waals surface area (Å²) in [6, 6.07) is 17.6. The van der Waals surface area contributed by atoms with Crippen molar-refractivity contribution in [3.05, 3.63) is 60.2 Å². The quantitative estimate of drug-likeness (QED) is 0.535. The number of hydrogen-bond donors (Lipinski definition) is 1. The molecule has 1 N–H and O–H groups in total. The molecule has 5 rings (SSSR count). The minimum atomic E-state index is -0.578. The van der Waals surface area contributed by atoms with Crippen LogP contribution in [-0.4, -0.2) is 80.6 Å². The molecule has 0 unspecified atom stereocenters. The molecule has 35 heavy (non-hydrogen) atoms. The first-order chi connectivity index (χ1) is 17.1. The van der Waals surface area contributed by atoms with Crippen LogP contribution in [0.1, 0.15) is 31.2 Å². The third-order valence-electron chi connectivity index (χ3n) is 7.78. The summed E-state index contributed by atoms with van der Waals surface area (Å²) in [4.78, 5) is 33.1. The van der Waals surface area contributed by atoms with Gasteiger partial charge in [0, 0.05) is 44.3 Å². The van der Waals surface area contributed by atoms with Gasteiger partial charge in [0.15, 0.2) is 0 Å². The largest absolute Gasteiger partial charge is 0.492 e. The van der Waals surface area contributed by atoms with Crippen LogP contribution in [0.5, 0.6) is 5.75 Å². The van der Waals surface area contributed by atoms with E-state index in [1.807, 2.05) is 48.5 Å². The molecule has 0 bridgehead atoms. The Kier molecular flexibility index (Phi) is 7.07. The molecule has 1 aliphatic carbocycles. The smallest absolute Gasteiger partial charge is 0.240 e. The Morgan fingerprint density at radius 1 is 1.03 bits per heavy atom. The molecule has 2 amide bonds. The lowest BCUT2D eigenvalue weighted by atomic mass is 9.92. The van der Waals surface area contributed by atoms with Gasteiger partial charge in [0.05, 0.1) is 5.41 Å². The second kappa shape index (κ2) is 10.4. The van der Waals surface area contributed by atoms with Crippen molar-refractivity contribution < 1.29 is 14.3 Å². The molecule has 7 nitrogen and oxygen atoms in total. The fraction of sp³-hybridized carbons (Fsp3) is 0.500. The monoisotopic (exact) mass is 476 g/mol. The molecule has 0 aromatic heterocycles. The highest BCUT2D eigenvalue weighted by molar-refractivity contribution is 6.07. The summed E-state index contributed by atoms with van der Waals surface area (Å²) >= 11 is 0. The third-order valence-corrected chi connectivity index (χ3v) is 7.78. The second-order valence-corrected chi connectivity index (χ2v) is 9.94. The molecule has 2 fully saturated rings.